The average Bonchev–Trinajstić information content (AvgIpc) is 3.14. The third-order valence-corrected chi connectivity index (χ3v) is 5.72. The number of piperazine rings is 1. The molecule has 1 aromatic carbocycles. The van der Waals surface area contributed by atoms with E-state index < -0.39 is 9.84 Å². The van der Waals surface area contributed by atoms with Crippen LogP contribution in [0.15, 0.2) is 36.5 Å². The van der Waals surface area contributed by atoms with Gasteiger partial charge >= 0.3 is 0 Å². The molecule has 1 saturated heterocycles. The molecular formula is C18H23ClN4O4S. The van der Waals surface area contributed by atoms with Gasteiger partial charge in [0.2, 0.25) is 0 Å². The van der Waals surface area contributed by atoms with Crippen molar-refractivity contribution < 1.29 is 17.9 Å². The summed E-state index contributed by atoms with van der Waals surface area (Å²) in [5.74, 6) is 0.550. The van der Waals surface area contributed by atoms with Crippen molar-refractivity contribution in [3.63, 3.8) is 0 Å². The fraction of sp³-hybridized carbons (Fsp3) is 0.444. The van der Waals surface area contributed by atoms with E-state index in [2.05, 4.69) is 10.00 Å². The molecule has 10 heteroatoms. The molecule has 152 valence electrons. The highest BCUT2D eigenvalue weighted by atomic mass is 35.5. The van der Waals surface area contributed by atoms with E-state index in [4.69, 9.17) is 16.3 Å². The van der Waals surface area contributed by atoms with Crippen molar-refractivity contribution in [1.29, 1.82) is 0 Å². The minimum atomic E-state index is -2.98. The lowest BCUT2D eigenvalue weighted by atomic mass is 10.3. The fourth-order valence-electron chi connectivity index (χ4n) is 2.88. The number of carbonyl (C=O) groups excluding carboxylic acids is 1. The van der Waals surface area contributed by atoms with Crippen LogP contribution in [0.25, 0.3) is 0 Å². The second-order valence-electron chi connectivity index (χ2n) is 6.71. The number of rotatable bonds is 7. The van der Waals surface area contributed by atoms with Gasteiger partial charge in [-0.3, -0.25) is 9.69 Å². The summed E-state index contributed by atoms with van der Waals surface area (Å²) in [6.07, 6.45) is 2.92. The third kappa shape index (κ3) is 5.70. The van der Waals surface area contributed by atoms with Gasteiger partial charge in [-0.05, 0) is 18.2 Å². The summed E-state index contributed by atoms with van der Waals surface area (Å²) in [7, 11) is -2.98. The number of ether oxygens (including phenoxy) is 1. The maximum absolute atomic E-state index is 12.6. The van der Waals surface area contributed by atoms with E-state index in [1.54, 1.807) is 34.0 Å². The Labute approximate surface area is 169 Å². The standard InChI is InChI=1S/C18H23ClN4O4S/c1-28(25,26)13-12-21-8-10-22(11-9-21)18(24)16-6-7-23(20-16)14-27-17-5-3-2-4-15(17)19/h2-7H,8-14H2,1H3. The Kier molecular flexibility index (Phi) is 6.58. The highest BCUT2D eigenvalue weighted by molar-refractivity contribution is 7.90. The first-order valence-corrected chi connectivity index (χ1v) is 11.4. The fourth-order valence-corrected chi connectivity index (χ4v) is 3.66. The van der Waals surface area contributed by atoms with E-state index in [0.717, 1.165) is 0 Å². The van der Waals surface area contributed by atoms with Crippen LogP contribution in [0.2, 0.25) is 5.02 Å². The van der Waals surface area contributed by atoms with Gasteiger partial charge in [0.1, 0.15) is 15.6 Å². The molecule has 1 aromatic heterocycles. The van der Waals surface area contributed by atoms with Crippen LogP contribution in [0.3, 0.4) is 0 Å². The Bertz CT molecular complexity index is 923. The maximum atomic E-state index is 12.6. The smallest absolute Gasteiger partial charge is 0.274 e. The predicted octanol–water partition coefficient (Wildman–Crippen LogP) is 1.38. The normalized spacial score (nSPS) is 15.6. The highest BCUT2D eigenvalue weighted by Crippen LogP contribution is 2.23. The van der Waals surface area contributed by atoms with Crippen molar-refractivity contribution in [3.8, 4) is 5.75 Å². The van der Waals surface area contributed by atoms with Gasteiger partial charge in [-0.15, -0.1) is 0 Å². The molecule has 2 aromatic rings. The molecule has 0 saturated carbocycles. The van der Waals surface area contributed by atoms with Gasteiger partial charge in [-0.25, -0.2) is 13.1 Å². The van der Waals surface area contributed by atoms with E-state index >= 15 is 0 Å². The molecule has 1 amide bonds. The monoisotopic (exact) mass is 426 g/mol. The van der Waals surface area contributed by atoms with Crippen LogP contribution in [0, 0.1) is 0 Å². The molecule has 0 spiro atoms. The van der Waals surface area contributed by atoms with Crippen molar-refractivity contribution >= 4 is 27.3 Å². The second kappa shape index (κ2) is 8.93. The van der Waals surface area contributed by atoms with E-state index in [-0.39, 0.29) is 18.4 Å². The van der Waals surface area contributed by atoms with E-state index in [0.29, 0.717) is 49.2 Å². The van der Waals surface area contributed by atoms with Crippen molar-refractivity contribution in [2.24, 2.45) is 0 Å². The van der Waals surface area contributed by atoms with Gasteiger partial charge in [0.05, 0.1) is 10.8 Å². The first-order chi connectivity index (χ1) is 13.3. The Morgan fingerprint density at radius 2 is 1.89 bits per heavy atom. The van der Waals surface area contributed by atoms with Gasteiger partial charge < -0.3 is 9.64 Å². The number of nitrogens with zero attached hydrogens (tertiary/aromatic N) is 4. The Morgan fingerprint density at radius 3 is 2.57 bits per heavy atom. The van der Waals surface area contributed by atoms with Crippen LogP contribution in [-0.2, 0) is 16.6 Å². The third-order valence-electron chi connectivity index (χ3n) is 4.49. The summed E-state index contributed by atoms with van der Waals surface area (Å²) in [6.45, 7) is 3.04. The molecule has 0 atom stereocenters. The molecule has 2 heterocycles. The number of hydrogen-bond donors (Lipinski definition) is 0. The molecule has 1 fully saturated rings. The lowest BCUT2D eigenvalue weighted by molar-refractivity contribution is 0.0636. The minimum absolute atomic E-state index is 0.136. The lowest BCUT2D eigenvalue weighted by Crippen LogP contribution is -2.49. The van der Waals surface area contributed by atoms with Gasteiger partial charge in [0.15, 0.2) is 12.4 Å². The Hall–Kier alpha value is -2.10. The quantitative estimate of drug-likeness (QED) is 0.665. The molecule has 1 aliphatic heterocycles. The van der Waals surface area contributed by atoms with Crippen LogP contribution in [0.5, 0.6) is 5.75 Å². The molecule has 8 nitrogen and oxygen atoms in total. The number of aromatic nitrogens is 2. The Morgan fingerprint density at radius 1 is 1.18 bits per heavy atom. The predicted molar refractivity (Wildman–Crippen MR) is 106 cm³/mol. The summed E-state index contributed by atoms with van der Waals surface area (Å²) in [4.78, 5) is 16.4. The second-order valence-corrected chi connectivity index (χ2v) is 9.37. The average molecular weight is 427 g/mol. The van der Waals surface area contributed by atoms with Gasteiger partial charge in [-0.1, -0.05) is 23.7 Å². The number of amides is 1. The summed E-state index contributed by atoms with van der Waals surface area (Å²) in [6, 6.07) is 8.82. The van der Waals surface area contributed by atoms with Crippen LogP contribution in [0.1, 0.15) is 10.5 Å². The highest BCUT2D eigenvalue weighted by Gasteiger charge is 2.24. The molecule has 0 unspecified atom stereocenters. The molecule has 0 radical (unpaired) electrons. The van der Waals surface area contributed by atoms with Crippen molar-refractivity contribution in [3.05, 3.63) is 47.2 Å². The molecular weight excluding hydrogens is 404 g/mol. The minimum Gasteiger partial charge on any atom is -0.470 e. The summed E-state index contributed by atoms with van der Waals surface area (Å²) in [5, 5.41) is 4.80. The summed E-state index contributed by atoms with van der Waals surface area (Å²) >= 11 is 6.05. The van der Waals surface area contributed by atoms with Crippen molar-refractivity contribution in [2.45, 2.75) is 6.73 Å². The molecule has 0 bridgehead atoms. The van der Waals surface area contributed by atoms with E-state index in [1.807, 2.05) is 12.1 Å². The zero-order valence-electron chi connectivity index (χ0n) is 15.6. The molecule has 1 aliphatic rings. The van der Waals surface area contributed by atoms with E-state index in [9.17, 15) is 13.2 Å². The largest absolute Gasteiger partial charge is 0.470 e. The lowest BCUT2D eigenvalue weighted by Gasteiger charge is -2.34. The zero-order valence-corrected chi connectivity index (χ0v) is 17.2. The molecule has 28 heavy (non-hydrogen) atoms. The first-order valence-electron chi connectivity index (χ1n) is 8.92. The number of benzene rings is 1. The van der Waals surface area contributed by atoms with Crippen molar-refractivity contribution in [1.82, 2.24) is 19.6 Å². The number of para-hydroxylation sites is 1. The zero-order chi connectivity index (χ0) is 20.1. The number of halogens is 1. The van der Waals surface area contributed by atoms with Crippen LogP contribution < -0.4 is 4.74 Å². The van der Waals surface area contributed by atoms with E-state index in [1.165, 1.54) is 6.26 Å². The summed E-state index contributed by atoms with van der Waals surface area (Å²) < 4.78 is 29.7. The first kappa shape index (κ1) is 20.6. The van der Waals surface area contributed by atoms with Gasteiger partial charge in [-0.2, -0.15) is 5.10 Å². The van der Waals surface area contributed by atoms with Crippen LogP contribution in [-0.4, -0.2) is 78.6 Å². The summed E-state index contributed by atoms with van der Waals surface area (Å²) in [5.41, 5.74) is 0.354. The number of hydrogen-bond acceptors (Lipinski definition) is 6. The van der Waals surface area contributed by atoms with Crippen LogP contribution in [0.4, 0.5) is 0 Å². The molecule has 3 rings (SSSR count). The SMILES string of the molecule is CS(=O)(=O)CCN1CCN(C(=O)c2ccn(COc3ccccc3Cl)n2)CC1. The molecule has 0 N–H and O–H groups in total. The number of sulfone groups is 1. The number of carbonyl (C=O) groups is 1. The van der Waals surface area contributed by atoms with Crippen LogP contribution >= 0.6 is 11.6 Å². The van der Waals surface area contributed by atoms with Gasteiger partial charge in [0.25, 0.3) is 5.91 Å². The topological polar surface area (TPSA) is 84.7 Å². The molecule has 0 aliphatic carbocycles. The maximum Gasteiger partial charge on any atom is 0.274 e. The van der Waals surface area contributed by atoms with Gasteiger partial charge in [0, 0.05) is 45.2 Å². The van der Waals surface area contributed by atoms with Crippen molar-refractivity contribution in [2.75, 3.05) is 44.7 Å². The Balaban J connectivity index is 1.50.